The van der Waals surface area contributed by atoms with Crippen LogP contribution in [0.5, 0.6) is 0 Å². The van der Waals surface area contributed by atoms with E-state index in [2.05, 4.69) is 6.92 Å². The first-order chi connectivity index (χ1) is 6.65. The summed E-state index contributed by atoms with van der Waals surface area (Å²) in [6.07, 6.45) is 0.902. The predicted molar refractivity (Wildman–Crippen MR) is 62.1 cm³/mol. The van der Waals surface area contributed by atoms with Crippen LogP contribution in [0.15, 0.2) is 0 Å². The minimum absolute atomic E-state index is 0. The monoisotopic (exact) mass is 236 g/mol. The highest BCUT2D eigenvalue weighted by Gasteiger charge is 2.25. The van der Waals surface area contributed by atoms with Gasteiger partial charge in [-0.1, -0.05) is 6.92 Å². The van der Waals surface area contributed by atoms with Crippen LogP contribution in [-0.4, -0.2) is 43.2 Å². The number of carbonyl (C=O) groups is 1. The Morgan fingerprint density at radius 3 is 2.80 bits per heavy atom. The molecule has 0 aliphatic carbocycles. The number of nitrogens with zero attached hydrogens (tertiary/aromatic N) is 1. The molecule has 5 heteroatoms. The van der Waals surface area contributed by atoms with E-state index < -0.39 is 0 Å². The molecular formula is C10H21ClN2O2. The summed E-state index contributed by atoms with van der Waals surface area (Å²) in [5.41, 5.74) is 5.87. The third-order valence-corrected chi connectivity index (χ3v) is 2.75. The number of ether oxygens (including phenoxy) is 1. The van der Waals surface area contributed by atoms with Crippen LogP contribution in [0.4, 0.5) is 0 Å². The zero-order valence-corrected chi connectivity index (χ0v) is 10.3. The van der Waals surface area contributed by atoms with Crippen LogP contribution in [-0.2, 0) is 9.53 Å². The standard InChI is InChI=1S/C10H20N2O2.ClH/c1-3-14-7-10(13)12-5-4-9(11)8(2)6-12;/h8-9H,3-7,11H2,1-2H3;1H. The van der Waals surface area contributed by atoms with Gasteiger partial charge in [-0.3, -0.25) is 4.79 Å². The molecule has 0 aromatic heterocycles. The van der Waals surface area contributed by atoms with Crippen molar-refractivity contribution in [1.29, 1.82) is 0 Å². The number of hydrogen-bond donors (Lipinski definition) is 1. The van der Waals surface area contributed by atoms with Gasteiger partial charge >= 0.3 is 0 Å². The lowest BCUT2D eigenvalue weighted by atomic mass is 9.95. The van der Waals surface area contributed by atoms with Crippen molar-refractivity contribution in [2.45, 2.75) is 26.3 Å². The van der Waals surface area contributed by atoms with Gasteiger partial charge < -0.3 is 15.4 Å². The Morgan fingerprint density at radius 2 is 2.27 bits per heavy atom. The van der Waals surface area contributed by atoms with Crippen molar-refractivity contribution in [2.24, 2.45) is 11.7 Å². The maximum absolute atomic E-state index is 11.6. The summed E-state index contributed by atoms with van der Waals surface area (Å²) in [4.78, 5) is 13.4. The van der Waals surface area contributed by atoms with Crippen LogP contribution in [0.2, 0.25) is 0 Å². The number of carbonyl (C=O) groups excluding carboxylic acids is 1. The fourth-order valence-electron chi connectivity index (χ4n) is 1.67. The maximum atomic E-state index is 11.6. The maximum Gasteiger partial charge on any atom is 0.248 e. The molecule has 15 heavy (non-hydrogen) atoms. The highest BCUT2D eigenvalue weighted by molar-refractivity contribution is 5.85. The quantitative estimate of drug-likeness (QED) is 0.783. The van der Waals surface area contributed by atoms with Gasteiger partial charge in [0, 0.05) is 25.7 Å². The Labute approximate surface area is 97.5 Å². The normalized spacial score (nSPS) is 25.9. The third-order valence-electron chi connectivity index (χ3n) is 2.75. The fraction of sp³-hybridized carbons (Fsp3) is 0.900. The first kappa shape index (κ1) is 14.7. The fourth-order valence-corrected chi connectivity index (χ4v) is 1.67. The van der Waals surface area contributed by atoms with Gasteiger partial charge in [0.05, 0.1) is 0 Å². The molecular weight excluding hydrogens is 216 g/mol. The number of nitrogens with two attached hydrogens (primary N) is 1. The first-order valence-electron chi connectivity index (χ1n) is 5.26. The van der Waals surface area contributed by atoms with E-state index in [1.807, 2.05) is 11.8 Å². The summed E-state index contributed by atoms with van der Waals surface area (Å²) in [6, 6.07) is 0.242. The number of hydrogen-bond acceptors (Lipinski definition) is 3. The van der Waals surface area contributed by atoms with E-state index in [9.17, 15) is 4.79 Å². The Balaban J connectivity index is 0.00000196. The lowest BCUT2D eigenvalue weighted by Gasteiger charge is -2.35. The molecule has 0 radical (unpaired) electrons. The highest BCUT2D eigenvalue weighted by atomic mass is 35.5. The van der Waals surface area contributed by atoms with Crippen LogP contribution >= 0.6 is 12.4 Å². The molecule has 2 atom stereocenters. The van der Waals surface area contributed by atoms with Gasteiger partial charge in [-0.2, -0.15) is 0 Å². The summed E-state index contributed by atoms with van der Waals surface area (Å²) in [6.45, 7) is 6.32. The number of rotatable bonds is 3. The van der Waals surface area contributed by atoms with Gasteiger partial charge in [-0.05, 0) is 19.3 Å². The molecule has 90 valence electrons. The van der Waals surface area contributed by atoms with Crippen LogP contribution in [0.25, 0.3) is 0 Å². The van der Waals surface area contributed by atoms with Crippen molar-refractivity contribution < 1.29 is 9.53 Å². The number of likely N-dealkylation sites (tertiary alicyclic amines) is 1. The van der Waals surface area contributed by atoms with E-state index in [0.717, 1.165) is 19.5 Å². The molecule has 1 fully saturated rings. The summed E-state index contributed by atoms with van der Waals surface area (Å²) in [5.74, 6) is 0.486. The second-order valence-electron chi connectivity index (χ2n) is 3.91. The van der Waals surface area contributed by atoms with E-state index >= 15 is 0 Å². The summed E-state index contributed by atoms with van der Waals surface area (Å²) < 4.78 is 5.09. The third kappa shape index (κ3) is 4.36. The van der Waals surface area contributed by atoms with E-state index in [1.165, 1.54) is 0 Å². The van der Waals surface area contributed by atoms with Gasteiger partial charge in [-0.15, -0.1) is 12.4 Å². The SMILES string of the molecule is CCOCC(=O)N1CCC(N)C(C)C1.Cl. The predicted octanol–water partition coefficient (Wildman–Crippen LogP) is 0.640. The molecule has 4 nitrogen and oxygen atoms in total. The molecule has 1 aliphatic rings. The lowest BCUT2D eigenvalue weighted by Crippen LogP contribution is -2.49. The molecule has 1 saturated heterocycles. The largest absolute Gasteiger partial charge is 0.372 e. The van der Waals surface area contributed by atoms with Crippen molar-refractivity contribution >= 4 is 18.3 Å². The molecule has 0 saturated carbocycles. The van der Waals surface area contributed by atoms with E-state index in [-0.39, 0.29) is 31.0 Å². The van der Waals surface area contributed by atoms with E-state index in [0.29, 0.717) is 12.5 Å². The Morgan fingerprint density at radius 1 is 1.60 bits per heavy atom. The summed E-state index contributed by atoms with van der Waals surface area (Å²) in [7, 11) is 0. The number of amides is 1. The zero-order valence-electron chi connectivity index (χ0n) is 9.44. The van der Waals surface area contributed by atoms with Crippen molar-refractivity contribution in [1.82, 2.24) is 4.90 Å². The summed E-state index contributed by atoms with van der Waals surface area (Å²) >= 11 is 0. The van der Waals surface area contributed by atoms with Crippen molar-refractivity contribution in [3.05, 3.63) is 0 Å². The molecule has 2 unspecified atom stereocenters. The molecule has 1 amide bonds. The molecule has 0 aromatic rings. The Kier molecular flexibility index (Phi) is 6.89. The van der Waals surface area contributed by atoms with Gasteiger partial charge in [0.2, 0.25) is 5.91 Å². The average Bonchev–Trinajstić information content (AvgIpc) is 2.18. The van der Waals surface area contributed by atoms with E-state index in [1.54, 1.807) is 0 Å². The van der Waals surface area contributed by atoms with Crippen molar-refractivity contribution in [3.63, 3.8) is 0 Å². The first-order valence-corrected chi connectivity index (χ1v) is 5.26. The molecule has 1 rings (SSSR count). The van der Waals surface area contributed by atoms with Crippen LogP contribution in [0.3, 0.4) is 0 Å². The van der Waals surface area contributed by atoms with E-state index in [4.69, 9.17) is 10.5 Å². The second kappa shape index (κ2) is 7.04. The number of piperidine rings is 1. The lowest BCUT2D eigenvalue weighted by molar-refractivity contribution is -0.137. The van der Waals surface area contributed by atoms with Gasteiger partial charge in [0.1, 0.15) is 6.61 Å². The zero-order chi connectivity index (χ0) is 10.6. The van der Waals surface area contributed by atoms with Crippen LogP contribution < -0.4 is 5.73 Å². The van der Waals surface area contributed by atoms with Gasteiger partial charge in [0.25, 0.3) is 0 Å². The second-order valence-corrected chi connectivity index (χ2v) is 3.91. The minimum atomic E-state index is 0. The molecule has 0 spiro atoms. The van der Waals surface area contributed by atoms with Gasteiger partial charge in [-0.25, -0.2) is 0 Å². The molecule has 0 bridgehead atoms. The highest BCUT2D eigenvalue weighted by Crippen LogP contribution is 2.14. The topological polar surface area (TPSA) is 55.6 Å². The molecule has 1 aliphatic heterocycles. The minimum Gasteiger partial charge on any atom is -0.372 e. The molecule has 2 N–H and O–H groups in total. The van der Waals surface area contributed by atoms with Crippen LogP contribution in [0, 0.1) is 5.92 Å². The van der Waals surface area contributed by atoms with Crippen molar-refractivity contribution in [3.8, 4) is 0 Å². The Bertz CT molecular complexity index is 202. The number of halogens is 1. The smallest absolute Gasteiger partial charge is 0.248 e. The molecule has 1 heterocycles. The summed E-state index contributed by atoms with van der Waals surface area (Å²) in [5, 5.41) is 0. The van der Waals surface area contributed by atoms with Crippen molar-refractivity contribution in [2.75, 3.05) is 26.3 Å². The van der Waals surface area contributed by atoms with Gasteiger partial charge in [0.15, 0.2) is 0 Å². The van der Waals surface area contributed by atoms with Crippen LogP contribution in [0.1, 0.15) is 20.3 Å². The molecule has 0 aromatic carbocycles. The Hall–Kier alpha value is -0.320. The average molecular weight is 237 g/mol.